The SMILES string of the molecule is Nc1nc2[nH]ccc2nc1C(=O)NCc1n(CC(=O)N2CCCCC2)c2ccccc2[n+]1Cc1ccccc1.[Cl-]. The fraction of sp³-hybridized carbons (Fsp3) is 0.276. The van der Waals surface area contributed by atoms with Crippen LogP contribution in [0.5, 0.6) is 0 Å². The molecule has 1 fully saturated rings. The summed E-state index contributed by atoms with van der Waals surface area (Å²) in [5, 5.41) is 3.00. The zero-order valence-corrected chi connectivity index (χ0v) is 22.8. The maximum absolute atomic E-state index is 13.4. The first kappa shape index (κ1) is 27.1. The van der Waals surface area contributed by atoms with Gasteiger partial charge in [-0.05, 0) is 43.0 Å². The van der Waals surface area contributed by atoms with Gasteiger partial charge in [0.25, 0.3) is 17.6 Å². The molecule has 4 heterocycles. The Morgan fingerprint density at radius 2 is 1.73 bits per heavy atom. The van der Waals surface area contributed by atoms with Crippen molar-refractivity contribution in [3.63, 3.8) is 0 Å². The highest BCUT2D eigenvalue weighted by Crippen LogP contribution is 2.19. The lowest BCUT2D eigenvalue weighted by Crippen LogP contribution is -3.00. The van der Waals surface area contributed by atoms with Gasteiger partial charge in [0.1, 0.15) is 18.6 Å². The van der Waals surface area contributed by atoms with Crippen molar-refractivity contribution in [3.8, 4) is 0 Å². The van der Waals surface area contributed by atoms with Gasteiger partial charge in [0, 0.05) is 19.3 Å². The van der Waals surface area contributed by atoms with Gasteiger partial charge in [0.15, 0.2) is 34.7 Å². The predicted octanol–water partition coefficient (Wildman–Crippen LogP) is -0.223. The number of rotatable bonds is 7. The van der Waals surface area contributed by atoms with Gasteiger partial charge in [-0.2, -0.15) is 0 Å². The minimum Gasteiger partial charge on any atom is -1.00 e. The Morgan fingerprint density at radius 1 is 0.975 bits per heavy atom. The van der Waals surface area contributed by atoms with Crippen LogP contribution >= 0.6 is 0 Å². The van der Waals surface area contributed by atoms with Crippen LogP contribution in [0.2, 0.25) is 0 Å². The van der Waals surface area contributed by atoms with Gasteiger partial charge in [-0.1, -0.05) is 42.5 Å². The van der Waals surface area contributed by atoms with E-state index in [1.807, 2.05) is 45.9 Å². The van der Waals surface area contributed by atoms with Gasteiger partial charge >= 0.3 is 0 Å². The number of hydrogen-bond donors (Lipinski definition) is 3. The zero-order valence-electron chi connectivity index (χ0n) is 22.0. The van der Waals surface area contributed by atoms with Crippen LogP contribution in [-0.4, -0.2) is 49.3 Å². The topological polar surface area (TPSA) is 126 Å². The van der Waals surface area contributed by atoms with Crippen molar-refractivity contribution in [1.29, 1.82) is 0 Å². The number of H-pyrrole nitrogens is 1. The Bertz CT molecular complexity index is 1660. The van der Waals surface area contributed by atoms with E-state index in [0.717, 1.165) is 54.8 Å². The number of piperidine rings is 1. The number of aromatic amines is 1. The molecule has 0 saturated carbocycles. The molecule has 6 rings (SSSR count). The van der Waals surface area contributed by atoms with Gasteiger partial charge in [-0.25, -0.2) is 19.1 Å². The number of likely N-dealkylation sites (tertiary alicyclic amines) is 1. The highest BCUT2D eigenvalue weighted by Gasteiger charge is 2.29. The van der Waals surface area contributed by atoms with Crippen molar-refractivity contribution in [2.24, 2.45) is 0 Å². The molecule has 3 aromatic heterocycles. The summed E-state index contributed by atoms with van der Waals surface area (Å²) in [5.74, 6) is 0.532. The number of nitrogens with zero attached hydrogens (tertiary/aromatic N) is 5. The van der Waals surface area contributed by atoms with Crippen molar-refractivity contribution >= 4 is 39.8 Å². The van der Waals surface area contributed by atoms with E-state index >= 15 is 0 Å². The van der Waals surface area contributed by atoms with Crippen LogP contribution in [0.1, 0.15) is 41.1 Å². The first-order chi connectivity index (χ1) is 19.1. The van der Waals surface area contributed by atoms with Crippen molar-refractivity contribution in [1.82, 2.24) is 29.7 Å². The molecule has 11 heteroatoms. The number of nitrogens with two attached hydrogens (primary N) is 1. The minimum atomic E-state index is -0.423. The number of carbonyl (C=O) groups excluding carboxylic acids is 2. The number of imidazole rings is 1. The Kier molecular flexibility index (Phi) is 7.97. The highest BCUT2D eigenvalue weighted by atomic mass is 35.5. The number of hydrogen-bond acceptors (Lipinski definition) is 5. The summed E-state index contributed by atoms with van der Waals surface area (Å²) in [6.07, 6.45) is 4.92. The molecule has 1 saturated heterocycles. The maximum Gasteiger partial charge on any atom is 0.277 e. The molecule has 40 heavy (non-hydrogen) atoms. The fourth-order valence-corrected chi connectivity index (χ4v) is 5.33. The third kappa shape index (κ3) is 5.35. The molecule has 2 amide bonds. The van der Waals surface area contributed by atoms with Crippen LogP contribution in [0.4, 0.5) is 5.82 Å². The lowest BCUT2D eigenvalue weighted by Gasteiger charge is -2.26. The molecule has 10 nitrogen and oxygen atoms in total. The summed E-state index contributed by atoms with van der Waals surface area (Å²) in [7, 11) is 0. The summed E-state index contributed by atoms with van der Waals surface area (Å²) in [6, 6.07) is 19.9. The van der Waals surface area contributed by atoms with Crippen molar-refractivity contribution < 1.29 is 26.6 Å². The third-order valence-electron chi connectivity index (χ3n) is 7.31. The summed E-state index contributed by atoms with van der Waals surface area (Å²) in [6.45, 7) is 2.54. The summed E-state index contributed by atoms with van der Waals surface area (Å²) in [4.78, 5) is 40.3. The Morgan fingerprint density at radius 3 is 2.52 bits per heavy atom. The first-order valence-corrected chi connectivity index (χ1v) is 13.3. The number of carbonyl (C=O) groups is 2. The second kappa shape index (κ2) is 11.7. The first-order valence-electron chi connectivity index (χ1n) is 13.3. The van der Waals surface area contributed by atoms with E-state index in [4.69, 9.17) is 5.73 Å². The fourth-order valence-electron chi connectivity index (χ4n) is 5.33. The van der Waals surface area contributed by atoms with Crippen LogP contribution in [0, 0.1) is 0 Å². The van der Waals surface area contributed by atoms with Crippen LogP contribution in [-0.2, 0) is 24.4 Å². The van der Waals surface area contributed by atoms with Crippen LogP contribution in [0.3, 0.4) is 0 Å². The smallest absolute Gasteiger partial charge is 0.277 e. The largest absolute Gasteiger partial charge is 1.00 e. The lowest BCUT2D eigenvalue weighted by atomic mass is 10.1. The molecule has 0 aliphatic carbocycles. The summed E-state index contributed by atoms with van der Waals surface area (Å²) in [5.41, 5.74) is 10.3. The second-order valence-corrected chi connectivity index (χ2v) is 9.86. The molecule has 1 aliphatic heterocycles. The maximum atomic E-state index is 13.4. The number of nitrogens with one attached hydrogen (secondary N) is 2. The number of halogens is 1. The van der Waals surface area contributed by atoms with Gasteiger partial charge in [-0.3, -0.25) is 9.59 Å². The molecule has 0 bridgehead atoms. The van der Waals surface area contributed by atoms with Crippen LogP contribution in [0.25, 0.3) is 22.2 Å². The number of fused-ring (bicyclic) bond motifs is 2. The minimum absolute atomic E-state index is 0. The molecule has 1 aliphatic rings. The zero-order chi connectivity index (χ0) is 26.8. The molecular weight excluding hydrogens is 528 g/mol. The van der Waals surface area contributed by atoms with Crippen LogP contribution < -0.4 is 28.0 Å². The molecule has 4 N–H and O–H groups in total. The normalized spacial score (nSPS) is 13.3. The van der Waals surface area contributed by atoms with Gasteiger partial charge in [0.2, 0.25) is 0 Å². The molecule has 0 unspecified atom stereocenters. The van der Waals surface area contributed by atoms with E-state index in [0.29, 0.717) is 17.7 Å². The van der Waals surface area contributed by atoms with Crippen molar-refractivity contribution in [2.75, 3.05) is 18.8 Å². The predicted molar refractivity (Wildman–Crippen MR) is 148 cm³/mol. The van der Waals surface area contributed by atoms with E-state index < -0.39 is 5.91 Å². The molecule has 0 atom stereocenters. The number of nitrogen functional groups attached to an aromatic ring is 1. The molecule has 5 aromatic rings. The number of para-hydroxylation sites is 2. The van der Waals surface area contributed by atoms with Gasteiger partial charge in [0.05, 0.1) is 0 Å². The van der Waals surface area contributed by atoms with Crippen LogP contribution in [0.15, 0.2) is 66.9 Å². The molecule has 2 aromatic carbocycles. The van der Waals surface area contributed by atoms with E-state index in [9.17, 15) is 9.59 Å². The number of amides is 2. The van der Waals surface area contributed by atoms with E-state index in [1.54, 1.807) is 12.3 Å². The number of aromatic nitrogens is 5. The monoisotopic (exact) mass is 558 g/mol. The number of anilines is 1. The Balaban J connectivity index is 0.00000323. The molecule has 0 spiro atoms. The van der Waals surface area contributed by atoms with Gasteiger partial charge in [-0.15, -0.1) is 0 Å². The quantitative estimate of drug-likeness (QED) is 0.238. The van der Waals surface area contributed by atoms with E-state index in [1.165, 1.54) is 0 Å². The van der Waals surface area contributed by atoms with E-state index in [2.05, 4.69) is 43.0 Å². The van der Waals surface area contributed by atoms with E-state index in [-0.39, 0.29) is 42.9 Å². The lowest BCUT2D eigenvalue weighted by molar-refractivity contribution is -0.671. The standard InChI is InChI=1S/C29H30N8O2.ClH/c30-27-26(33-21-13-14-31-28(21)34-27)29(39)32-17-24-36(18-20-9-3-1-4-10-20)22-11-5-6-12-23(22)37(24)19-25(38)35-15-7-2-8-16-35;/h1,3-6,9-14H,2,7-8,15-19H2,(H3-,30,31,32,33,34,39);1H. The highest BCUT2D eigenvalue weighted by molar-refractivity contribution is 5.98. The average molecular weight is 559 g/mol. The Hall–Kier alpha value is -4.44. The third-order valence-corrected chi connectivity index (χ3v) is 7.31. The van der Waals surface area contributed by atoms with Crippen molar-refractivity contribution in [3.05, 3.63) is 83.9 Å². The summed E-state index contributed by atoms with van der Waals surface area (Å²) < 4.78 is 4.19. The molecular formula is C29H31ClN8O2. The van der Waals surface area contributed by atoms with Gasteiger partial charge < -0.3 is 33.3 Å². The average Bonchev–Trinajstić information content (AvgIpc) is 3.54. The molecule has 206 valence electrons. The molecule has 0 radical (unpaired) electrons. The number of benzene rings is 2. The summed E-state index contributed by atoms with van der Waals surface area (Å²) >= 11 is 0. The Labute approximate surface area is 237 Å². The van der Waals surface area contributed by atoms with Crippen molar-refractivity contribution in [2.45, 2.75) is 38.9 Å². The second-order valence-electron chi connectivity index (χ2n) is 9.86.